The highest BCUT2D eigenvalue weighted by atomic mass is 32.1. The van der Waals surface area contributed by atoms with Crippen molar-refractivity contribution in [2.45, 2.75) is 0 Å². The quantitative estimate of drug-likeness (QED) is 0.457. The van der Waals surface area contributed by atoms with Gasteiger partial charge in [-0.25, -0.2) is 0 Å². The van der Waals surface area contributed by atoms with E-state index in [9.17, 15) is 10.0 Å². The monoisotopic (exact) mass is 354 g/mol. The number of hydrogen-bond donors (Lipinski definition) is 2. The van der Waals surface area contributed by atoms with Crippen molar-refractivity contribution >= 4 is 54.9 Å². The molecule has 5 rings (SSSR count). The summed E-state index contributed by atoms with van der Waals surface area (Å²) in [5.41, 5.74) is 2.94. The highest BCUT2D eigenvalue weighted by molar-refractivity contribution is 7.26. The molecule has 26 heavy (non-hydrogen) atoms. The van der Waals surface area contributed by atoms with Gasteiger partial charge in [-0.15, -0.1) is 11.3 Å². The summed E-state index contributed by atoms with van der Waals surface area (Å²) >= 11 is 1.76. The Morgan fingerprint density at radius 2 is 1.35 bits per heavy atom. The molecule has 0 spiro atoms. The molecule has 0 saturated heterocycles. The average Bonchev–Trinajstić information content (AvgIpc) is 3.06. The van der Waals surface area contributed by atoms with E-state index in [4.69, 9.17) is 0 Å². The zero-order valence-electron chi connectivity index (χ0n) is 13.9. The van der Waals surface area contributed by atoms with Gasteiger partial charge in [0.1, 0.15) is 0 Å². The maximum atomic E-state index is 9.84. The summed E-state index contributed by atoms with van der Waals surface area (Å²) in [4.78, 5) is 0. The predicted octanol–water partition coefficient (Wildman–Crippen LogP) is 4.55. The minimum absolute atomic E-state index is 0.555. The van der Waals surface area contributed by atoms with E-state index in [0.29, 0.717) is 5.46 Å². The zero-order valence-corrected chi connectivity index (χ0v) is 14.7. The standard InChI is InChI=1S/C22H15BO2S/c24-23(25)20-13-19-17-11-10-15(14-6-2-1-3-7-14)12-21(17)26-22(19)18-9-5-4-8-16(18)20/h1-13,24-25H. The van der Waals surface area contributed by atoms with Gasteiger partial charge >= 0.3 is 7.12 Å². The first-order valence-electron chi connectivity index (χ1n) is 8.52. The van der Waals surface area contributed by atoms with Crippen LogP contribution >= 0.6 is 11.3 Å². The molecule has 0 amide bonds. The third-order valence-corrected chi connectivity index (χ3v) is 6.10. The van der Waals surface area contributed by atoms with Crippen LogP contribution in [0.1, 0.15) is 0 Å². The van der Waals surface area contributed by atoms with Crippen molar-refractivity contribution < 1.29 is 10.0 Å². The summed E-state index contributed by atoms with van der Waals surface area (Å²) in [5.74, 6) is 0. The Labute approximate surface area is 155 Å². The smallest absolute Gasteiger partial charge is 0.423 e. The lowest BCUT2D eigenvalue weighted by molar-refractivity contribution is 0.426. The fourth-order valence-corrected chi connectivity index (χ4v) is 4.91. The van der Waals surface area contributed by atoms with Crippen molar-refractivity contribution in [2.24, 2.45) is 0 Å². The molecule has 0 fully saturated rings. The summed E-state index contributed by atoms with van der Waals surface area (Å²) in [5, 5.41) is 23.9. The van der Waals surface area contributed by atoms with Crippen molar-refractivity contribution in [3.8, 4) is 11.1 Å². The van der Waals surface area contributed by atoms with Gasteiger partial charge in [0.25, 0.3) is 0 Å². The molecule has 5 aromatic rings. The van der Waals surface area contributed by atoms with E-state index in [1.807, 2.05) is 42.5 Å². The van der Waals surface area contributed by atoms with Crippen LogP contribution in [-0.4, -0.2) is 17.2 Å². The third-order valence-electron chi connectivity index (χ3n) is 4.90. The molecule has 0 unspecified atom stereocenters. The van der Waals surface area contributed by atoms with Crippen LogP contribution in [0, 0.1) is 0 Å². The first-order valence-corrected chi connectivity index (χ1v) is 9.33. The Kier molecular flexibility index (Phi) is 3.57. The summed E-state index contributed by atoms with van der Waals surface area (Å²) in [6, 6.07) is 26.7. The highest BCUT2D eigenvalue weighted by Gasteiger charge is 2.19. The lowest BCUT2D eigenvalue weighted by atomic mass is 9.76. The Hall–Kier alpha value is -2.66. The lowest BCUT2D eigenvalue weighted by Gasteiger charge is -2.07. The van der Waals surface area contributed by atoms with E-state index in [0.717, 1.165) is 21.5 Å². The van der Waals surface area contributed by atoms with Gasteiger partial charge in [-0.1, -0.05) is 72.8 Å². The fourth-order valence-electron chi connectivity index (χ4n) is 3.65. The van der Waals surface area contributed by atoms with Crippen LogP contribution in [0.5, 0.6) is 0 Å². The van der Waals surface area contributed by atoms with Gasteiger partial charge < -0.3 is 10.0 Å². The Morgan fingerprint density at radius 3 is 2.12 bits per heavy atom. The van der Waals surface area contributed by atoms with Crippen LogP contribution in [-0.2, 0) is 0 Å². The molecule has 0 aliphatic heterocycles. The zero-order chi connectivity index (χ0) is 17.7. The number of rotatable bonds is 2. The van der Waals surface area contributed by atoms with Gasteiger partial charge in [0.2, 0.25) is 0 Å². The summed E-state index contributed by atoms with van der Waals surface area (Å²) in [7, 11) is -1.48. The number of thiophene rings is 1. The van der Waals surface area contributed by atoms with Gasteiger partial charge in [0, 0.05) is 20.2 Å². The Bertz CT molecular complexity index is 1260. The molecule has 0 aliphatic carbocycles. The maximum Gasteiger partial charge on any atom is 0.489 e. The molecule has 4 heteroatoms. The molecule has 124 valence electrons. The largest absolute Gasteiger partial charge is 0.489 e. The molecular weight excluding hydrogens is 339 g/mol. The average molecular weight is 354 g/mol. The molecule has 1 heterocycles. The normalized spacial score (nSPS) is 11.5. The summed E-state index contributed by atoms with van der Waals surface area (Å²) in [6.45, 7) is 0. The van der Waals surface area contributed by atoms with Crippen molar-refractivity contribution in [3.05, 3.63) is 78.9 Å². The predicted molar refractivity (Wildman–Crippen MR) is 112 cm³/mol. The van der Waals surface area contributed by atoms with Crippen molar-refractivity contribution in [3.63, 3.8) is 0 Å². The van der Waals surface area contributed by atoms with Gasteiger partial charge in [0.05, 0.1) is 0 Å². The van der Waals surface area contributed by atoms with Gasteiger partial charge in [0.15, 0.2) is 0 Å². The van der Waals surface area contributed by atoms with E-state index in [1.54, 1.807) is 11.3 Å². The molecule has 0 saturated carbocycles. The van der Waals surface area contributed by atoms with Gasteiger partial charge in [-0.2, -0.15) is 0 Å². The number of fused-ring (bicyclic) bond motifs is 5. The van der Waals surface area contributed by atoms with Gasteiger partial charge in [-0.3, -0.25) is 0 Å². The Balaban J connectivity index is 1.85. The number of hydrogen-bond acceptors (Lipinski definition) is 3. The molecule has 2 N–H and O–H groups in total. The topological polar surface area (TPSA) is 40.5 Å². The molecular formula is C22H15BO2S. The van der Waals surface area contributed by atoms with E-state index in [-0.39, 0.29) is 0 Å². The first-order chi connectivity index (χ1) is 12.7. The summed E-state index contributed by atoms with van der Waals surface area (Å²) < 4.78 is 2.39. The van der Waals surface area contributed by atoms with Crippen molar-refractivity contribution in [1.29, 1.82) is 0 Å². The van der Waals surface area contributed by atoms with E-state index < -0.39 is 7.12 Å². The van der Waals surface area contributed by atoms with Crippen LogP contribution in [0.25, 0.3) is 42.1 Å². The second kappa shape index (κ2) is 5.96. The number of benzene rings is 4. The second-order valence-corrected chi connectivity index (χ2v) is 7.49. The van der Waals surface area contributed by atoms with Crippen LogP contribution < -0.4 is 5.46 Å². The van der Waals surface area contributed by atoms with Crippen molar-refractivity contribution in [1.82, 2.24) is 0 Å². The SMILES string of the molecule is OB(O)c1cc2c3ccc(-c4ccccc4)cc3sc2c2ccccc12. The minimum Gasteiger partial charge on any atom is -0.423 e. The molecule has 0 aliphatic rings. The van der Waals surface area contributed by atoms with E-state index in [1.165, 1.54) is 20.5 Å². The maximum absolute atomic E-state index is 9.84. The molecule has 0 atom stereocenters. The molecule has 0 radical (unpaired) electrons. The molecule has 4 aromatic carbocycles. The minimum atomic E-state index is -1.48. The highest BCUT2D eigenvalue weighted by Crippen LogP contribution is 2.39. The Morgan fingerprint density at radius 1 is 0.615 bits per heavy atom. The fraction of sp³-hybridized carbons (Fsp3) is 0. The van der Waals surface area contributed by atoms with E-state index in [2.05, 4.69) is 36.4 Å². The van der Waals surface area contributed by atoms with Crippen LogP contribution in [0.2, 0.25) is 0 Å². The second-order valence-electron chi connectivity index (χ2n) is 6.44. The van der Waals surface area contributed by atoms with Gasteiger partial charge in [-0.05, 0) is 33.4 Å². The third kappa shape index (κ3) is 2.35. The van der Waals surface area contributed by atoms with Crippen molar-refractivity contribution in [2.75, 3.05) is 0 Å². The van der Waals surface area contributed by atoms with E-state index >= 15 is 0 Å². The lowest BCUT2D eigenvalue weighted by Crippen LogP contribution is -2.30. The van der Waals surface area contributed by atoms with Crippen LogP contribution in [0.3, 0.4) is 0 Å². The van der Waals surface area contributed by atoms with Crippen LogP contribution in [0.4, 0.5) is 0 Å². The molecule has 0 bridgehead atoms. The molecule has 2 nitrogen and oxygen atoms in total. The first kappa shape index (κ1) is 15.6. The molecule has 1 aromatic heterocycles. The van der Waals surface area contributed by atoms with Crippen LogP contribution in [0.15, 0.2) is 78.9 Å². The summed E-state index contributed by atoms with van der Waals surface area (Å²) in [6.07, 6.45) is 0.